The Hall–Kier alpha value is -1.79. The van der Waals surface area contributed by atoms with E-state index in [1.165, 1.54) is 12.8 Å². The van der Waals surface area contributed by atoms with E-state index in [0.29, 0.717) is 11.7 Å². The van der Waals surface area contributed by atoms with Crippen LogP contribution in [-0.2, 0) is 0 Å². The maximum absolute atomic E-state index is 6.16. The molecule has 106 valence electrons. The molecule has 6 nitrogen and oxygen atoms in total. The summed E-state index contributed by atoms with van der Waals surface area (Å²) in [7, 11) is 0. The first-order valence-electron chi connectivity index (χ1n) is 6.97. The van der Waals surface area contributed by atoms with Crippen LogP contribution in [0.25, 0.3) is 11.5 Å². The molecule has 1 unspecified atom stereocenters. The van der Waals surface area contributed by atoms with Crippen molar-refractivity contribution in [3.05, 3.63) is 29.8 Å². The summed E-state index contributed by atoms with van der Waals surface area (Å²) in [5, 5.41) is 4.01. The predicted octanol–water partition coefficient (Wildman–Crippen LogP) is 1.54. The summed E-state index contributed by atoms with van der Waals surface area (Å²) in [4.78, 5) is 11.0. The highest BCUT2D eigenvalue weighted by Crippen LogP contribution is 2.21. The highest BCUT2D eigenvalue weighted by atomic mass is 16.5. The van der Waals surface area contributed by atoms with Gasteiger partial charge in [-0.1, -0.05) is 5.16 Å². The molecule has 3 heterocycles. The highest BCUT2D eigenvalue weighted by molar-refractivity contribution is 5.55. The van der Waals surface area contributed by atoms with E-state index in [1.54, 1.807) is 6.20 Å². The molecule has 1 fully saturated rings. The molecule has 1 saturated heterocycles. The van der Waals surface area contributed by atoms with Crippen molar-refractivity contribution in [2.45, 2.75) is 25.8 Å². The largest absolute Gasteiger partial charge is 0.334 e. The second-order valence-corrected chi connectivity index (χ2v) is 5.21. The molecule has 0 amide bonds. The number of hydrogen-bond donors (Lipinski definition) is 1. The fraction of sp³-hybridized carbons (Fsp3) is 0.500. The Labute approximate surface area is 118 Å². The lowest BCUT2D eigenvalue weighted by Gasteiger charge is -2.17. The van der Waals surface area contributed by atoms with E-state index in [-0.39, 0.29) is 6.04 Å². The van der Waals surface area contributed by atoms with Crippen molar-refractivity contribution in [3.8, 4) is 11.5 Å². The number of aryl methyl sites for hydroxylation is 1. The van der Waals surface area contributed by atoms with Crippen LogP contribution >= 0.6 is 0 Å². The van der Waals surface area contributed by atoms with Gasteiger partial charge in [0, 0.05) is 18.4 Å². The van der Waals surface area contributed by atoms with E-state index in [4.69, 9.17) is 10.3 Å². The van der Waals surface area contributed by atoms with Gasteiger partial charge in [-0.15, -0.1) is 0 Å². The van der Waals surface area contributed by atoms with Crippen molar-refractivity contribution >= 4 is 0 Å². The van der Waals surface area contributed by atoms with Gasteiger partial charge in [-0.05, 0) is 45.0 Å². The number of aromatic nitrogens is 3. The number of likely N-dealkylation sites (tertiary alicyclic amines) is 1. The Bertz CT molecular complexity index is 576. The molecule has 3 rings (SSSR count). The summed E-state index contributed by atoms with van der Waals surface area (Å²) >= 11 is 0. The van der Waals surface area contributed by atoms with Crippen LogP contribution in [0.1, 0.15) is 30.4 Å². The smallest absolute Gasteiger partial charge is 0.259 e. The van der Waals surface area contributed by atoms with Crippen molar-refractivity contribution in [3.63, 3.8) is 0 Å². The molecule has 0 spiro atoms. The fourth-order valence-corrected chi connectivity index (χ4v) is 2.53. The van der Waals surface area contributed by atoms with Crippen LogP contribution in [0, 0.1) is 6.92 Å². The maximum Gasteiger partial charge on any atom is 0.259 e. The molecule has 2 aromatic rings. The lowest BCUT2D eigenvalue weighted by molar-refractivity contribution is 0.306. The van der Waals surface area contributed by atoms with Crippen molar-refractivity contribution in [1.29, 1.82) is 0 Å². The minimum absolute atomic E-state index is 0.206. The molecule has 0 radical (unpaired) electrons. The quantitative estimate of drug-likeness (QED) is 0.910. The van der Waals surface area contributed by atoms with Crippen molar-refractivity contribution in [2.24, 2.45) is 5.73 Å². The molecule has 2 N–H and O–H groups in total. The summed E-state index contributed by atoms with van der Waals surface area (Å²) in [5.41, 5.74) is 7.89. The molecule has 2 aromatic heterocycles. The van der Waals surface area contributed by atoms with Crippen molar-refractivity contribution in [1.82, 2.24) is 20.0 Å². The first kappa shape index (κ1) is 13.2. The van der Waals surface area contributed by atoms with Gasteiger partial charge in [0.05, 0.1) is 11.6 Å². The number of hydrogen-bond acceptors (Lipinski definition) is 6. The Morgan fingerprint density at radius 2 is 2.20 bits per heavy atom. The topological polar surface area (TPSA) is 81.1 Å². The van der Waals surface area contributed by atoms with E-state index < -0.39 is 0 Å². The summed E-state index contributed by atoms with van der Waals surface area (Å²) < 4.78 is 5.32. The van der Waals surface area contributed by atoms with Crippen molar-refractivity contribution in [2.75, 3.05) is 19.6 Å². The van der Waals surface area contributed by atoms with Gasteiger partial charge >= 0.3 is 0 Å². The van der Waals surface area contributed by atoms with Crippen LogP contribution in [0.3, 0.4) is 0 Å². The van der Waals surface area contributed by atoms with Gasteiger partial charge < -0.3 is 15.2 Å². The summed E-state index contributed by atoms with van der Waals surface area (Å²) in [6, 6.07) is 3.57. The van der Waals surface area contributed by atoms with Gasteiger partial charge in [0.15, 0.2) is 5.82 Å². The third-order valence-corrected chi connectivity index (χ3v) is 3.66. The summed E-state index contributed by atoms with van der Waals surface area (Å²) in [6.45, 7) is 4.93. The van der Waals surface area contributed by atoms with Gasteiger partial charge in [0.1, 0.15) is 0 Å². The number of pyridine rings is 1. The summed E-state index contributed by atoms with van der Waals surface area (Å²) in [6.07, 6.45) is 4.24. The van der Waals surface area contributed by atoms with Crippen LogP contribution in [-0.4, -0.2) is 39.7 Å². The van der Waals surface area contributed by atoms with Gasteiger partial charge in [-0.25, -0.2) is 0 Å². The molecule has 20 heavy (non-hydrogen) atoms. The molecule has 1 atom stereocenters. The number of rotatable bonds is 4. The minimum Gasteiger partial charge on any atom is -0.334 e. The molecule has 1 aliphatic heterocycles. The van der Waals surface area contributed by atoms with E-state index >= 15 is 0 Å². The SMILES string of the molecule is Cc1ncccc1-c1nc(C(N)CN2CCCC2)no1. The van der Waals surface area contributed by atoms with E-state index in [1.807, 2.05) is 19.1 Å². The first-order valence-corrected chi connectivity index (χ1v) is 6.97. The van der Waals surface area contributed by atoms with Crippen LogP contribution in [0.5, 0.6) is 0 Å². The Balaban J connectivity index is 1.74. The lowest BCUT2D eigenvalue weighted by atomic mass is 10.2. The average molecular weight is 273 g/mol. The fourth-order valence-electron chi connectivity index (χ4n) is 2.53. The standard InChI is InChI=1S/C14H19N5O/c1-10-11(5-4-6-16-10)14-17-13(18-20-14)12(15)9-19-7-2-3-8-19/h4-6,12H,2-3,7-9,15H2,1H3. The highest BCUT2D eigenvalue weighted by Gasteiger charge is 2.20. The molecular weight excluding hydrogens is 254 g/mol. The van der Waals surface area contributed by atoms with Gasteiger partial charge in [-0.3, -0.25) is 4.98 Å². The van der Waals surface area contributed by atoms with E-state index in [2.05, 4.69) is 20.0 Å². The van der Waals surface area contributed by atoms with Crippen molar-refractivity contribution < 1.29 is 4.52 Å². The number of nitrogens with two attached hydrogens (primary N) is 1. The second kappa shape index (κ2) is 5.68. The normalized spacial score (nSPS) is 17.5. The average Bonchev–Trinajstić information content (AvgIpc) is 3.10. The van der Waals surface area contributed by atoms with Gasteiger partial charge in [0.25, 0.3) is 5.89 Å². The summed E-state index contributed by atoms with van der Waals surface area (Å²) in [5.74, 6) is 1.05. The first-order chi connectivity index (χ1) is 9.74. The molecular formula is C14H19N5O. The predicted molar refractivity (Wildman–Crippen MR) is 74.9 cm³/mol. The zero-order valence-corrected chi connectivity index (χ0v) is 11.6. The zero-order chi connectivity index (χ0) is 13.9. The van der Waals surface area contributed by atoms with Crippen LogP contribution in [0.2, 0.25) is 0 Å². The monoisotopic (exact) mass is 273 g/mol. The van der Waals surface area contributed by atoms with E-state index in [0.717, 1.165) is 30.9 Å². The Morgan fingerprint density at radius 1 is 1.40 bits per heavy atom. The molecule has 6 heteroatoms. The van der Waals surface area contributed by atoms with Gasteiger partial charge in [0.2, 0.25) is 0 Å². The second-order valence-electron chi connectivity index (χ2n) is 5.21. The third-order valence-electron chi connectivity index (χ3n) is 3.66. The molecule has 0 bridgehead atoms. The minimum atomic E-state index is -0.206. The lowest BCUT2D eigenvalue weighted by Crippen LogP contribution is -2.30. The molecule has 1 aliphatic rings. The zero-order valence-electron chi connectivity index (χ0n) is 11.6. The molecule has 0 aromatic carbocycles. The van der Waals surface area contributed by atoms with Crippen LogP contribution < -0.4 is 5.73 Å². The van der Waals surface area contributed by atoms with Crippen LogP contribution in [0.4, 0.5) is 0 Å². The molecule has 0 aliphatic carbocycles. The number of nitrogens with zero attached hydrogens (tertiary/aromatic N) is 4. The van der Waals surface area contributed by atoms with Crippen LogP contribution in [0.15, 0.2) is 22.9 Å². The third kappa shape index (κ3) is 2.71. The van der Waals surface area contributed by atoms with E-state index in [9.17, 15) is 0 Å². The maximum atomic E-state index is 6.16. The Kier molecular flexibility index (Phi) is 3.75. The van der Waals surface area contributed by atoms with Gasteiger partial charge in [-0.2, -0.15) is 4.98 Å². The molecule has 0 saturated carbocycles. The Morgan fingerprint density at radius 3 is 2.95 bits per heavy atom.